The fourth-order valence-corrected chi connectivity index (χ4v) is 4.10. The highest BCUT2D eigenvalue weighted by Gasteiger charge is 2.16. The van der Waals surface area contributed by atoms with Gasteiger partial charge in [0.25, 0.3) is 0 Å². The van der Waals surface area contributed by atoms with Gasteiger partial charge in [-0.3, -0.25) is 4.79 Å². The van der Waals surface area contributed by atoms with Crippen LogP contribution < -0.4 is 15.4 Å². The molecule has 1 amide bonds. The van der Waals surface area contributed by atoms with Crippen molar-refractivity contribution in [2.24, 2.45) is 0 Å². The molecule has 33 heavy (non-hydrogen) atoms. The second-order valence-electron chi connectivity index (χ2n) is 7.98. The lowest BCUT2D eigenvalue weighted by molar-refractivity contribution is -0.116. The molecular weight excluding hydrogens is 445 g/mol. The minimum atomic E-state index is -0.495. The number of piperidine rings is 1. The van der Waals surface area contributed by atoms with Gasteiger partial charge in [0.1, 0.15) is 23.7 Å². The Morgan fingerprint density at radius 3 is 2.76 bits per heavy atom. The maximum absolute atomic E-state index is 13.5. The van der Waals surface area contributed by atoms with Crippen LogP contribution in [-0.4, -0.2) is 47.0 Å². The Bertz CT molecular complexity index is 1140. The van der Waals surface area contributed by atoms with Gasteiger partial charge < -0.3 is 20.3 Å². The molecule has 0 unspecified atom stereocenters. The van der Waals surface area contributed by atoms with Gasteiger partial charge in [-0.1, -0.05) is 18.0 Å². The number of aromatic nitrogens is 2. The van der Waals surface area contributed by atoms with Crippen molar-refractivity contribution in [3.8, 4) is 5.75 Å². The van der Waals surface area contributed by atoms with Crippen molar-refractivity contribution in [3.05, 3.63) is 47.5 Å². The van der Waals surface area contributed by atoms with E-state index in [1.807, 2.05) is 6.92 Å². The summed E-state index contributed by atoms with van der Waals surface area (Å²) in [7, 11) is 0. The monoisotopic (exact) mass is 471 g/mol. The van der Waals surface area contributed by atoms with Crippen molar-refractivity contribution in [1.82, 2.24) is 14.9 Å². The molecule has 3 aromatic rings. The second-order valence-corrected chi connectivity index (χ2v) is 8.38. The number of hydrogen-bond donors (Lipinski definition) is 2. The molecule has 2 N–H and O–H groups in total. The number of carbonyl (C=O) groups is 1. The summed E-state index contributed by atoms with van der Waals surface area (Å²) in [6.45, 7) is 5.18. The number of amides is 1. The molecular formula is C24H27ClFN5O2. The Labute approximate surface area is 197 Å². The number of benzene rings is 2. The first-order valence-electron chi connectivity index (χ1n) is 11.2. The number of fused-ring (bicyclic) bond motifs is 1. The van der Waals surface area contributed by atoms with Crippen LogP contribution in [0.3, 0.4) is 0 Å². The number of nitrogens with zero attached hydrogens (tertiary/aromatic N) is 3. The summed E-state index contributed by atoms with van der Waals surface area (Å²) in [5.74, 6) is 0.489. The third kappa shape index (κ3) is 5.89. The van der Waals surface area contributed by atoms with Crippen LogP contribution in [0.25, 0.3) is 10.9 Å². The first kappa shape index (κ1) is 23.2. The minimum absolute atomic E-state index is 0.0126. The molecule has 0 bridgehead atoms. The van der Waals surface area contributed by atoms with E-state index in [1.165, 1.54) is 37.7 Å². The summed E-state index contributed by atoms with van der Waals surface area (Å²) in [6.07, 6.45) is 5.49. The molecule has 1 aliphatic heterocycles. The normalized spacial score (nSPS) is 14.3. The molecule has 1 aliphatic rings. The molecule has 7 nitrogen and oxygen atoms in total. The molecule has 1 fully saturated rings. The smallest absolute Gasteiger partial charge is 0.225 e. The Kier molecular flexibility index (Phi) is 7.57. The maximum atomic E-state index is 13.5. The highest BCUT2D eigenvalue weighted by atomic mass is 35.5. The molecule has 0 aliphatic carbocycles. The Balaban J connectivity index is 1.57. The molecule has 4 rings (SSSR count). The number of halogens is 2. The highest BCUT2D eigenvalue weighted by Crippen LogP contribution is 2.34. The van der Waals surface area contributed by atoms with Crippen LogP contribution in [0.1, 0.15) is 32.6 Å². The topological polar surface area (TPSA) is 79.4 Å². The maximum Gasteiger partial charge on any atom is 0.225 e. The molecule has 1 aromatic heterocycles. The quantitative estimate of drug-likeness (QED) is 0.459. The summed E-state index contributed by atoms with van der Waals surface area (Å²) in [6, 6.07) is 7.93. The summed E-state index contributed by atoms with van der Waals surface area (Å²) < 4.78 is 19.3. The van der Waals surface area contributed by atoms with E-state index in [0.717, 1.165) is 19.6 Å². The van der Waals surface area contributed by atoms with Gasteiger partial charge in [-0.25, -0.2) is 14.4 Å². The van der Waals surface area contributed by atoms with Crippen LogP contribution in [0.5, 0.6) is 5.75 Å². The summed E-state index contributed by atoms with van der Waals surface area (Å²) in [4.78, 5) is 23.7. The minimum Gasteiger partial charge on any atom is -0.492 e. The third-order valence-electron chi connectivity index (χ3n) is 5.60. The van der Waals surface area contributed by atoms with E-state index in [1.54, 1.807) is 18.2 Å². The van der Waals surface area contributed by atoms with Crippen molar-refractivity contribution >= 4 is 45.6 Å². The van der Waals surface area contributed by atoms with Crippen LogP contribution in [0.15, 0.2) is 36.7 Å². The zero-order valence-electron chi connectivity index (χ0n) is 18.5. The predicted molar refractivity (Wildman–Crippen MR) is 129 cm³/mol. The first-order chi connectivity index (χ1) is 16.0. The van der Waals surface area contributed by atoms with Gasteiger partial charge in [-0.05, 0) is 57.1 Å². The lowest BCUT2D eigenvalue weighted by atomic mass is 10.1. The lowest BCUT2D eigenvalue weighted by Gasteiger charge is -2.26. The van der Waals surface area contributed by atoms with Crippen LogP contribution in [0.2, 0.25) is 5.02 Å². The number of nitrogens with one attached hydrogen (secondary N) is 2. The average molecular weight is 472 g/mol. The predicted octanol–water partition coefficient (Wildman–Crippen LogP) is 5.38. The average Bonchev–Trinajstić information content (AvgIpc) is 2.82. The van der Waals surface area contributed by atoms with Crippen LogP contribution in [-0.2, 0) is 4.79 Å². The number of rotatable bonds is 8. The van der Waals surface area contributed by atoms with E-state index in [2.05, 4.69) is 25.5 Å². The zero-order chi connectivity index (χ0) is 23.2. The van der Waals surface area contributed by atoms with E-state index >= 15 is 0 Å². The molecule has 0 atom stereocenters. The Morgan fingerprint density at radius 2 is 2.00 bits per heavy atom. The number of ether oxygens (including phenoxy) is 1. The van der Waals surface area contributed by atoms with Gasteiger partial charge in [0.2, 0.25) is 5.91 Å². The summed E-state index contributed by atoms with van der Waals surface area (Å²) in [5, 5.41) is 6.84. The number of anilines is 3. The molecule has 0 spiro atoms. The summed E-state index contributed by atoms with van der Waals surface area (Å²) in [5.41, 5.74) is 1.79. The first-order valence-corrected chi connectivity index (χ1v) is 11.6. The molecule has 0 radical (unpaired) electrons. The Morgan fingerprint density at radius 1 is 1.18 bits per heavy atom. The second kappa shape index (κ2) is 10.8. The molecule has 2 aromatic carbocycles. The van der Waals surface area contributed by atoms with Crippen LogP contribution in [0, 0.1) is 5.82 Å². The number of hydrogen-bond acceptors (Lipinski definition) is 6. The molecule has 9 heteroatoms. The van der Waals surface area contributed by atoms with E-state index in [4.69, 9.17) is 16.3 Å². The van der Waals surface area contributed by atoms with E-state index in [9.17, 15) is 9.18 Å². The third-order valence-corrected chi connectivity index (χ3v) is 5.89. The van der Waals surface area contributed by atoms with Crippen molar-refractivity contribution in [1.29, 1.82) is 0 Å². The summed E-state index contributed by atoms with van der Waals surface area (Å²) >= 11 is 5.91. The molecule has 2 heterocycles. The van der Waals surface area contributed by atoms with E-state index in [-0.39, 0.29) is 10.9 Å². The van der Waals surface area contributed by atoms with E-state index in [0.29, 0.717) is 46.9 Å². The molecule has 0 saturated carbocycles. The lowest BCUT2D eigenvalue weighted by Crippen LogP contribution is -2.32. The Hall–Kier alpha value is -2.97. The van der Waals surface area contributed by atoms with Crippen molar-refractivity contribution in [2.75, 3.05) is 36.9 Å². The van der Waals surface area contributed by atoms with Gasteiger partial charge in [-0.2, -0.15) is 0 Å². The van der Waals surface area contributed by atoms with Gasteiger partial charge in [0.15, 0.2) is 0 Å². The van der Waals surface area contributed by atoms with Gasteiger partial charge in [0.05, 0.1) is 22.8 Å². The fraction of sp³-hybridized carbons (Fsp3) is 0.375. The zero-order valence-corrected chi connectivity index (χ0v) is 19.3. The van der Waals surface area contributed by atoms with Crippen LogP contribution >= 0.6 is 11.6 Å². The fourth-order valence-electron chi connectivity index (χ4n) is 3.92. The van der Waals surface area contributed by atoms with Crippen molar-refractivity contribution in [3.63, 3.8) is 0 Å². The van der Waals surface area contributed by atoms with E-state index < -0.39 is 5.82 Å². The van der Waals surface area contributed by atoms with Gasteiger partial charge in [0, 0.05) is 30.1 Å². The van der Waals surface area contributed by atoms with Gasteiger partial charge in [-0.15, -0.1) is 0 Å². The molecule has 174 valence electrons. The standard InChI is InChI=1S/C24H27ClFN5O2/c1-2-33-22-14-20-17(13-21(22)30-23(32)8-11-31-9-4-3-5-10-31)24(28-15-27-20)29-16-6-7-19(26)18(25)12-16/h6-7,12-15H,2-5,8-11H2,1H3,(H,30,32)(H,27,28,29). The number of carbonyl (C=O) groups excluding carboxylic acids is 1. The number of likely N-dealkylation sites (tertiary alicyclic amines) is 1. The molecule has 1 saturated heterocycles. The van der Waals surface area contributed by atoms with Crippen molar-refractivity contribution < 1.29 is 13.9 Å². The van der Waals surface area contributed by atoms with Crippen LogP contribution in [0.4, 0.5) is 21.6 Å². The largest absolute Gasteiger partial charge is 0.492 e. The van der Waals surface area contributed by atoms with Gasteiger partial charge >= 0.3 is 0 Å². The highest BCUT2D eigenvalue weighted by molar-refractivity contribution is 6.31. The SMILES string of the molecule is CCOc1cc2ncnc(Nc3ccc(F)c(Cl)c3)c2cc1NC(=O)CCN1CCCCC1. The van der Waals surface area contributed by atoms with Crippen molar-refractivity contribution in [2.45, 2.75) is 32.6 Å².